The second-order valence-electron chi connectivity index (χ2n) is 4.41. The van der Waals surface area contributed by atoms with Crippen molar-refractivity contribution in [2.24, 2.45) is 5.73 Å². The Balaban J connectivity index is 2.30. The molecule has 5 heteroatoms. The van der Waals surface area contributed by atoms with E-state index in [1.165, 1.54) is 6.07 Å². The summed E-state index contributed by atoms with van der Waals surface area (Å²) in [7, 11) is 1.55. The van der Waals surface area contributed by atoms with E-state index >= 15 is 0 Å². The van der Waals surface area contributed by atoms with Crippen molar-refractivity contribution in [2.75, 3.05) is 7.11 Å². The van der Waals surface area contributed by atoms with E-state index < -0.39 is 11.9 Å². The Hall–Kier alpha value is -1.29. The van der Waals surface area contributed by atoms with E-state index in [9.17, 15) is 4.39 Å². The first kappa shape index (κ1) is 15.1. The van der Waals surface area contributed by atoms with E-state index in [-0.39, 0.29) is 5.02 Å². The number of nitrogens with two attached hydrogens (primary N) is 1. The largest absolute Gasteiger partial charge is 0.496 e. The third-order valence-electron chi connectivity index (χ3n) is 3.06. The molecule has 20 heavy (non-hydrogen) atoms. The normalized spacial score (nSPS) is 12.2. The maximum Gasteiger partial charge on any atom is 0.145 e. The smallest absolute Gasteiger partial charge is 0.145 e. The predicted molar refractivity (Wildman–Crippen MR) is 80.0 cm³/mol. The topological polar surface area (TPSA) is 35.2 Å². The zero-order valence-corrected chi connectivity index (χ0v) is 12.4. The summed E-state index contributed by atoms with van der Waals surface area (Å²) in [5.74, 6) is 0.190. The Bertz CT molecular complexity index is 619. The van der Waals surface area contributed by atoms with Crippen LogP contribution in [0.15, 0.2) is 36.4 Å². The van der Waals surface area contributed by atoms with Crippen LogP contribution in [0.4, 0.5) is 4.39 Å². The monoisotopic (exact) mass is 313 g/mol. The van der Waals surface area contributed by atoms with Gasteiger partial charge in [-0.05, 0) is 36.2 Å². The lowest BCUT2D eigenvalue weighted by Crippen LogP contribution is -2.15. The van der Waals surface area contributed by atoms with Crippen LogP contribution in [0, 0.1) is 5.82 Å². The minimum atomic E-state index is -0.439. The van der Waals surface area contributed by atoms with Crippen molar-refractivity contribution in [1.82, 2.24) is 0 Å². The summed E-state index contributed by atoms with van der Waals surface area (Å²) in [5, 5.41) is 0.649. The van der Waals surface area contributed by atoms with Gasteiger partial charge in [-0.1, -0.05) is 35.3 Å². The molecule has 2 nitrogen and oxygen atoms in total. The number of ether oxygens (including phenoxy) is 1. The van der Waals surface area contributed by atoms with Gasteiger partial charge in [-0.3, -0.25) is 0 Å². The van der Waals surface area contributed by atoms with Crippen molar-refractivity contribution >= 4 is 23.2 Å². The Morgan fingerprint density at radius 2 is 2.00 bits per heavy atom. The van der Waals surface area contributed by atoms with Crippen molar-refractivity contribution in [3.8, 4) is 5.75 Å². The second-order valence-corrected chi connectivity index (χ2v) is 5.25. The minimum Gasteiger partial charge on any atom is -0.496 e. The summed E-state index contributed by atoms with van der Waals surface area (Å²) in [6.07, 6.45) is 0.309. The molecule has 2 aromatic carbocycles. The third-order valence-corrected chi connectivity index (χ3v) is 3.59. The van der Waals surface area contributed by atoms with E-state index in [0.717, 1.165) is 5.56 Å². The fourth-order valence-electron chi connectivity index (χ4n) is 2.05. The molecule has 2 rings (SSSR count). The van der Waals surface area contributed by atoms with Crippen molar-refractivity contribution in [1.29, 1.82) is 0 Å². The molecular formula is C15H14Cl2FNO. The molecule has 1 unspecified atom stereocenters. The quantitative estimate of drug-likeness (QED) is 0.909. The lowest BCUT2D eigenvalue weighted by atomic mass is 9.98. The summed E-state index contributed by atoms with van der Waals surface area (Å²) in [5.41, 5.74) is 7.34. The van der Waals surface area contributed by atoms with Gasteiger partial charge in [-0.25, -0.2) is 4.39 Å². The molecule has 0 radical (unpaired) electrons. The van der Waals surface area contributed by atoms with Gasteiger partial charge in [0.05, 0.1) is 12.1 Å². The second kappa shape index (κ2) is 6.44. The van der Waals surface area contributed by atoms with Gasteiger partial charge in [0.1, 0.15) is 11.6 Å². The van der Waals surface area contributed by atoms with Crippen LogP contribution in [0.3, 0.4) is 0 Å². The summed E-state index contributed by atoms with van der Waals surface area (Å²) in [6, 6.07) is 9.62. The molecule has 0 fully saturated rings. The Kier molecular flexibility index (Phi) is 4.86. The number of benzene rings is 2. The number of methoxy groups -OCH3 is 1. The van der Waals surface area contributed by atoms with E-state index in [2.05, 4.69) is 0 Å². The highest BCUT2D eigenvalue weighted by Crippen LogP contribution is 2.30. The van der Waals surface area contributed by atoms with Gasteiger partial charge in [-0.2, -0.15) is 0 Å². The van der Waals surface area contributed by atoms with E-state index in [0.29, 0.717) is 22.8 Å². The van der Waals surface area contributed by atoms with E-state index in [4.69, 9.17) is 33.7 Å². The van der Waals surface area contributed by atoms with Gasteiger partial charge in [0.25, 0.3) is 0 Å². The zero-order valence-electron chi connectivity index (χ0n) is 10.9. The Morgan fingerprint density at radius 1 is 1.25 bits per heavy atom. The van der Waals surface area contributed by atoms with Gasteiger partial charge in [0.15, 0.2) is 0 Å². The number of halogens is 3. The Morgan fingerprint density at radius 3 is 2.70 bits per heavy atom. The molecule has 1 atom stereocenters. The molecular weight excluding hydrogens is 300 g/mol. The summed E-state index contributed by atoms with van der Waals surface area (Å²) in [6.45, 7) is 0. The zero-order chi connectivity index (χ0) is 14.7. The van der Waals surface area contributed by atoms with Gasteiger partial charge in [0, 0.05) is 16.6 Å². The van der Waals surface area contributed by atoms with Crippen LogP contribution in [0.2, 0.25) is 10.0 Å². The van der Waals surface area contributed by atoms with Crippen LogP contribution in [0.1, 0.15) is 17.2 Å². The van der Waals surface area contributed by atoms with Crippen molar-refractivity contribution in [2.45, 2.75) is 12.5 Å². The number of hydrogen-bond acceptors (Lipinski definition) is 2. The molecule has 0 saturated heterocycles. The molecule has 0 aliphatic heterocycles. The van der Waals surface area contributed by atoms with Crippen LogP contribution >= 0.6 is 23.2 Å². The number of rotatable bonds is 4. The van der Waals surface area contributed by atoms with Gasteiger partial charge < -0.3 is 10.5 Å². The lowest BCUT2D eigenvalue weighted by Gasteiger charge is -2.16. The highest BCUT2D eigenvalue weighted by molar-refractivity contribution is 6.31. The summed E-state index contributed by atoms with van der Waals surface area (Å²) in [4.78, 5) is 0. The van der Waals surface area contributed by atoms with E-state index in [1.54, 1.807) is 37.4 Å². The molecule has 2 N–H and O–H groups in total. The maximum atomic E-state index is 13.9. The fourth-order valence-corrected chi connectivity index (χ4v) is 2.42. The average Bonchev–Trinajstić information content (AvgIpc) is 2.43. The molecule has 0 aromatic heterocycles. The molecule has 0 aliphatic carbocycles. The van der Waals surface area contributed by atoms with Crippen LogP contribution in [-0.4, -0.2) is 7.11 Å². The average molecular weight is 314 g/mol. The summed E-state index contributed by atoms with van der Waals surface area (Å²) >= 11 is 11.7. The van der Waals surface area contributed by atoms with Crippen LogP contribution in [-0.2, 0) is 6.42 Å². The predicted octanol–water partition coefficient (Wildman–Crippen LogP) is 4.38. The van der Waals surface area contributed by atoms with Crippen molar-refractivity contribution < 1.29 is 9.13 Å². The molecule has 0 spiro atoms. The molecule has 0 saturated carbocycles. The van der Waals surface area contributed by atoms with Crippen LogP contribution in [0.25, 0.3) is 0 Å². The minimum absolute atomic E-state index is 0.0905. The molecule has 0 heterocycles. The van der Waals surface area contributed by atoms with Gasteiger partial charge in [0.2, 0.25) is 0 Å². The van der Waals surface area contributed by atoms with Gasteiger partial charge >= 0.3 is 0 Å². The van der Waals surface area contributed by atoms with Crippen molar-refractivity contribution in [3.05, 3.63) is 63.4 Å². The van der Waals surface area contributed by atoms with E-state index in [1.807, 2.05) is 0 Å². The first-order chi connectivity index (χ1) is 9.52. The molecule has 0 bridgehead atoms. The molecule has 0 amide bonds. The number of hydrogen-bond donors (Lipinski definition) is 1. The Labute approximate surface area is 127 Å². The summed E-state index contributed by atoms with van der Waals surface area (Å²) < 4.78 is 19.1. The first-order valence-electron chi connectivity index (χ1n) is 6.05. The maximum absolute atomic E-state index is 13.9. The molecule has 106 valence electrons. The SMILES string of the molecule is COc1ccc(Cl)cc1C(N)Cc1cccc(Cl)c1F. The lowest BCUT2D eigenvalue weighted by molar-refractivity contribution is 0.405. The first-order valence-corrected chi connectivity index (χ1v) is 6.80. The molecule has 0 aliphatic rings. The molecule has 2 aromatic rings. The van der Waals surface area contributed by atoms with Gasteiger partial charge in [-0.15, -0.1) is 0 Å². The highest BCUT2D eigenvalue weighted by Gasteiger charge is 2.16. The van der Waals surface area contributed by atoms with Crippen LogP contribution in [0.5, 0.6) is 5.75 Å². The fraction of sp³-hybridized carbons (Fsp3) is 0.200. The third kappa shape index (κ3) is 3.23. The standard InChI is InChI=1S/C15H14Cl2FNO/c1-20-14-6-5-10(16)8-11(14)13(19)7-9-3-2-4-12(17)15(9)18/h2-6,8,13H,7,19H2,1H3. The highest BCUT2D eigenvalue weighted by atomic mass is 35.5. The van der Waals surface area contributed by atoms with Crippen LogP contribution < -0.4 is 10.5 Å². The van der Waals surface area contributed by atoms with Crippen molar-refractivity contribution in [3.63, 3.8) is 0 Å².